The van der Waals surface area contributed by atoms with E-state index in [1.165, 1.54) is 0 Å². The highest BCUT2D eigenvalue weighted by Gasteiger charge is 2.25. The van der Waals surface area contributed by atoms with E-state index in [9.17, 15) is 18.3 Å². The third kappa shape index (κ3) is 5.37. The van der Waals surface area contributed by atoms with E-state index in [1.54, 1.807) is 53.4 Å². The fourth-order valence-electron chi connectivity index (χ4n) is 3.04. The van der Waals surface area contributed by atoms with E-state index in [4.69, 9.17) is 4.74 Å². The molecule has 1 aliphatic heterocycles. The Kier molecular flexibility index (Phi) is 5.55. The molecule has 0 aliphatic carbocycles. The number of nitrogens with zero attached hydrogens (tertiary/aromatic N) is 1. The molecule has 1 fully saturated rings. The molecule has 1 amide bonds. The lowest BCUT2D eigenvalue weighted by molar-refractivity contribution is 0.0595. The van der Waals surface area contributed by atoms with Gasteiger partial charge in [0, 0.05) is 43.2 Å². The Morgan fingerprint density at radius 2 is 1.85 bits per heavy atom. The van der Waals surface area contributed by atoms with Crippen LogP contribution >= 0.6 is 0 Å². The Bertz CT molecular complexity index is 921. The van der Waals surface area contributed by atoms with Gasteiger partial charge in [-0.2, -0.15) is 0 Å². The van der Waals surface area contributed by atoms with Gasteiger partial charge in [0.15, 0.2) is 0 Å². The molecule has 7 nitrogen and oxygen atoms in total. The minimum absolute atomic E-state index is 0.0194. The number of piperidine rings is 1. The Balaban J connectivity index is 1.59. The lowest BCUT2D eigenvalue weighted by atomic mass is 10.1. The topological polar surface area (TPSA) is 95.9 Å². The maximum absolute atomic E-state index is 12.7. The summed E-state index contributed by atoms with van der Waals surface area (Å²) in [7, 11) is -3.39. The first kappa shape index (κ1) is 19.0. The number of nitrogens with one attached hydrogen (secondary N) is 1. The van der Waals surface area contributed by atoms with Crippen molar-refractivity contribution in [3.63, 3.8) is 0 Å². The van der Waals surface area contributed by atoms with Crippen LogP contribution in [0.25, 0.3) is 0 Å². The molecule has 3 rings (SSSR count). The zero-order valence-corrected chi connectivity index (χ0v) is 15.8. The molecule has 2 aromatic carbocycles. The van der Waals surface area contributed by atoms with Gasteiger partial charge >= 0.3 is 0 Å². The highest BCUT2D eigenvalue weighted by Crippen LogP contribution is 2.23. The molecule has 2 N–H and O–H groups in total. The fourth-order valence-corrected chi connectivity index (χ4v) is 3.59. The Hall–Kier alpha value is -2.74. The van der Waals surface area contributed by atoms with Gasteiger partial charge in [0.1, 0.15) is 17.6 Å². The molecule has 144 valence electrons. The SMILES string of the molecule is CS(=O)(=O)Nc1cccc(C(=O)N2CCC(Oc3cccc(O)c3)CC2)c1. The molecule has 1 saturated heterocycles. The number of rotatable bonds is 5. The van der Waals surface area contributed by atoms with Crippen LogP contribution in [-0.4, -0.2) is 49.8 Å². The first-order valence-corrected chi connectivity index (χ1v) is 10.5. The van der Waals surface area contributed by atoms with Crippen molar-refractivity contribution in [1.82, 2.24) is 4.90 Å². The molecule has 0 spiro atoms. The van der Waals surface area contributed by atoms with Crippen LogP contribution in [0.4, 0.5) is 5.69 Å². The number of phenols is 1. The summed E-state index contributed by atoms with van der Waals surface area (Å²) in [4.78, 5) is 14.4. The van der Waals surface area contributed by atoms with Gasteiger partial charge in [-0.25, -0.2) is 8.42 Å². The molecule has 1 heterocycles. The summed E-state index contributed by atoms with van der Waals surface area (Å²) in [6.45, 7) is 1.10. The number of hydrogen-bond donors (Lipinski definition) is 2. The first-order chi connectivity index (χ1) is 12.8. The third-order valence-corrected chi connectivity index (χ3v) is 4.87. The Labute approximate surface area is 158 Å². The molecule has 1 aliphatic rings. The highest BCUT2D eigenvalue weighted by atomic mass is 32.2. The molecule has 0 radical (unpaired) electrons. The lowest BCUT2D eigenvalue weighted by Crippen LogP contribution is -2.41. The summed E-state index contributed by atoms with van der Waals surface area (Å²) in [5, 5.41) is 9.50. The molecule has 8 heteroatoms. The molecule has 0 bridgehead atoms. The van der Waals surface area contributed by atoms with Crippen LogP contribution in [0.5, 0.6) is 11.5 Å². The van der Waals surface area contributed by atoms with Gasteiger partial charge in [-0.1, -0.05) is 12.1 Å². The predicted octanol–water partition coefficient (Wildman–Crippen LogP) is 2.45. The summed E-state index contributed by atoms with van der Waals surface area (Å²) >= 11 is 0. The van der Waals surface area contributed by atoms with E-state index in [-0.39, 0.29) is 17.8 Å². The average Bonchev–Trinajstić information content (AvgIpc) is 2.61. The van der Waals surface area contributed by atoms with Gasteiger partial charge in [0.25, 0.3) is 5.91 Å². The van der Waals surface area contributed by atoms with Gasteiger partial charge in [-0.15, -0.1) is 0 Å². The average molecular weight is 390 g/mol. The number of carbonyl (C=O) groups is 1. The van der Waals surface area contributed by atoms with Crippen molar-refractivity contribution in [3.05, 3.63) is 54.1 Å². The third-order valence-electron chi connectivity index (χ3n) is 4.26. The van der Waals surface area contributed by atoms with Crippen molar-refractivity contribution in [1.29, 1.82) is 0 Å². The molecule has 0 aromatic heterocycles. The maximum Gasteiger partial charge on any atom is 0.253 e. The maximum atomic E-state index is 12.7. The number of hydrogen-bond acceptors (Lipinski definition) is 5. The molecule has 2 aromatic rings. The van der Waals surface area contributed by atoms with Crippen LogP contribution < -0.4 is 9.46 Å². The molecule has 0 saturated carbocycles. The highest BCUT2D eigenvalue weighted by molar-refractivity contribution is 7.92. The molecule has 27 heavy (non-hydrogen) atoms. The second-order valence-corrected chi connectivity index (χ2v) is 8.31. The van der Waals surface area contributed by atoms with Gasteiger partial charge in [0.05, 0.1) is 6.26 Å². The number of benzene rings is 2. The van der Waals surface area contributed by atoms with Crippen molar-refractivity contribution in [3.8, 4) is 11.5 Å². The summed E-state index contributed by atoms with van der Waals surface area (Å²) in [5.74, 6) is 0.630. The van der Waals surface area contributed by atoms with Crippen LogP contribution in [0, 0.1) is 0 Å². The number of aromatic hydroxyl groups is 1. The molecule has 0 unspecified atom stereocenters. The minimum atomic E-state index is -3.39. The smallest absolute Gasteiger partial charge is 0.253 e. The van der Waals surface area contributed by atoms with E-state index < -0.39 is 10.0 Å². The lowest BCUT2D eigenvalue weighted by Gasteiger charge is -2.32. The largest absolute Gasteiger partial charge is 0.508 e. The van der Waals surface area contributed by atoms with Crippen molar-refractivity contribution < 1.29 is 23.1 Å². The van der Waals surface area contributed by atoms with E-state index in [1.807, 2.05) is 0 Å². The summed E-state index contributed by atoms with van der Waals surface area (Å²) < 4.78 is 31.0. The van der Waals surface area contributed by atoms with Crippen molar-refractivity contribution in [2.75, 3.05) is 24.1 Å². The van der Waals surface area contributed by atoms with Gasteiger partial charge in [-0.05, 0) is 30.3 Å². The number of ether oxygens (including phenoxy) is 1. The first-order valence-electron chi connectivity index (χ1n) is 8.63. The second kappa shape index (κ2) is 7.87. The zero-order valence-electron chi connectivity index (χ0n) is 15.0. The van der Waals surface area contributed by atoms with Crippen LogP contribution in [0.2, 0.25) is 0 Å². The van der Waals surface area contributed by atoms with E-state index in [0.29, 0.717) is 42.9 Å². The predicted molar refractivity (Wildman–Crippen MR) is 103 cm³/mol. The minimum Gasteiger partial charge on any atom is -0.508 e. The number of anilines is 1. The molecule has 0 atom stereocenters. The van der Waals surface area contributed by atoms with E-state index in [0.717, 1.165) is 6.26 Å². The summed E-state index contributed by atoms with van der Waals surface area (Å²) in [6, 6.07) is 13.1. The molecular weight excluding hydrogens is 368 g/mol. The van der Waals surface area contributed by atoms with Gasteiger partial charge < -0.3 is 14.7 Å². The van der Waals surface area contributed by atoms with Gasteiger partial charge in [-0.3, -0.25) is 9.52 Å². The van der Waals surface area contributed by atoms with Gasteiger partial charge in [0.2, 0.25) is 10.0 Å². The van der Waals surface area contributed by atoms with E-state index in [2.05, 4.69) is 4.72 Å². The monoisotopic (exact) mass is 390 g/mol. The van der Waals surface area contributed by atoms with Crippen molar-refractivity contribution >= 4 is 21.6 Å². The van der Waals surface area contributed by atoms with Crippen LogP contribution in [0.1, 0.15) is 23.2 Å². The van der Waals surface area contributed by atoms with Crippen molar-refractivity contribution in [2.24, 2.45) is 0 Å². The van der Waals surface area contributed by atoms with Crippen LogP contribution in [-0.2, 0) is 10.0 Å². The number of amides is 1. The standard InChI is InChI=1S/C19H22N2O5S/c1-27(24,25)20-15-5-2-4-14(12-15)19(23)21-10-8-17(9-11-21)26-18-7-3-6-16(22)13-18/h2-7,12-13,17,20,22H,8-11H2,1H3. The second-order valence-electron chi connectivity index (χ2n) is 6.56. The zero-order chi connectivity index (χ0) is 19.4. The van der Waals surface area contributed by atoms with Crippen molar-refractivity contribution in [2.45, 2.75) is 18.9 Å². The van der Waals surface area contributed by atoms with E-state index >= 15 is 0 Å². The summed E-state index contributed by atoms with van der Waals surface area (Å²) in [5.41, 5.74) is 0.807. The number of likely N-dealkylation sites (tertiary alicyclic amines) is 1. The fraction of sp³-hybridized carbons (Fsp3) is 0.316. The van der Waals surface area contributed by atoms with Crippen LogP contribution in [0.3, 0.4) is 0 Å². The normalized spacial score (nSPS) is 15.4. The number of phenolic OH excluding ortho intramolecular Hbond substituents is 1. The quantitative estimate of drug-likeness (QED) is 0.818. The Morgan fingerprint density at radius 1 is 1.15 bits per heavy atom. The number of carbonyl (C=O) groups excluding carboxylic acids is 1. The Morgan fingerprint density at radius 3 is 2.52 bits per heavy atom. The van der Waals surface area contributed by atoms with Crippen LogP contribution in [0.15, 0.2) is 48.5 Å². The summed E-state index contributed by atoms with van der Waals surface area (Å²) in [6.07, 6.45) is 2.42. The molecular formula is C19H22N2O5S. The number of sulfonamides is 1.